The van der Waals surface area contributed by atoms with Crippen LogP contribution < -0.4 is 5.32 Å². The van der Waals surface area contributed by atoms with Crippen molar-refractivity contribution in [1.82, 2.24) is 15.1 Å². The molecule has 2 aliphatic rings. The van der Waals surface area contributed by atoms with Crippen molar-refractivity contribution >= 4 is 5.91 Å². The van der Waals surface area contributed by atoms with Crippen LogP contribution in [0.4, 0.5) is 0 Å². The lowest BCUT2D eigenvalue weighted by Crippen LogP contribution is -2.44. The lowest BCUT2D eigenvalue weighted by molar-refractivity contribution is -0.133. The Labute approximate surface area is 123 Å². The second-order valence-electron chi connectivity index (χ2n) is 6.49. The van der Waals surface area contributed by atoms with Gasteiger partial charge in [-0.05, 0) is 39.2 Å². The average molecular weight is 281 g/mol. The van der Waals surface area contributed by atoms with Crippen LogP contribution in [-0.4, -0.2) is 53.1 Å². The average Bonchev–Trinajstić information content (AvgIpc) is 3.24. The first kappa shape index (κ1) is 15.8. The highest BCUT2D eigenvalue weighted by Gasteiger charge is 2.46. The topological polar surface area (TPSA) is 35.6 Å². The zero-order valence-electron chi connectivity index (χ0n) is 13.6. The van der Waals surface area contributed by atoms with E-state index in [0.29, 0.717) is 5.91 Å². The Kier molecular flexibility index (Phi) is 5.08. The van der Waals surface area contributed by atoms with E-state index < -0.39 is 0 Å². The van der Waals surface area contributed by atoms with Crippen molar-refractivity contribution in [2.24, 2.45) is 0 Å². The van der Waals surface area contributed by atoms with Gasteiger partial charge in [0.15, 0.2) is 0 Å². The van der Waals surface area contributed by atoms with E-state index in [0.717, 1.165) is 44.9 Å². The molecule has 1 saturated heterocycles. The summed E-state index contributed by atoms with van der Waals surface area (Å²) in [7, 11) is 0. The molecule has 1 heterocycles. The molecule has 0 aromatic rings. The Morgan fingerprint density at radius 3 is 2.55 bits per heavy atom. The lowest BCUT2D eigenvalue weighted by Gasteiger charge is -2.28. The molecule has 1 aliphatic carbocycles. The molecule has 1 N–H and O–H groups in total. The van der Waals surface area contributed by atoms with Gasteiger partial charge in [-0.15, -0.1) is 0 Å². The van der Waals surface area contributed by atoms with Crippen molar-refractivity contribution in [2.75, 3.05) is 19.6 Å². The molecule has 20 heavy (non-hydrogen) atoms. The standard InChI is InChI=1S/C16H31N3O/c1-5-8-14-17-16(4,6-2)15(20)19(14)12-11-18(7-3)13-9-10-13/h13-14,17H,5-12H2,1-4H3. The van der Waals surface area contributed by atoms with Gasteiger partial charge in [0.2, 0.25) is 5.91 Å². The molecular formula is C16H31N3O. The molecule has 1 saturated carbocycles. The molecule has 1 aliphatic heterocycles. The van der Waals surface area contributed by atoms with Gasteiger partial charge in [0.05, 0.1) is 11.7 Å². The van der Waals surface area contributed by atoms with E-state index in [1.807, 2.05) is 0 Å². The minimum Gasteiger partial charge on any atom is -0.324 e. The van der Waals surface area contributed by atoms with Gasteiger partial charge in [-0.1, -0.05) is 27.2 Å². The van der Waals surface area contributed by atoms with E-state index in [1.165, 1.54) is 12.8 Å². The van der Waals surface area contributed by atoms with Crippen LogP contribution in [0.15, 0.2) is 0 Å². The van der Waals surface area contributed by atoms with E-state index in [-0.39, 0.29) is 11.7 Å². The normalized spacial score (nSPS) is 30.6. The zero-order valence-corrected chi connectivity index (χ0v) is 13.6. The molecule has 0 aromatic carbocycles. The third-order valence-corrected chi connectivity index (χ3v) is 4.96. The molecule has 2 rings (SSSR count). The number of hydrogen-bond acceptors (Lipinski definition) is 3. The van der Waals surface area contributed by atoms with Crippen LogP contribution >= 0.6 is 0 Å². The number of hydrogen-bond donors (Lipinski definition) is 1. The highest BCUT2D eigenvalue weighted by Crippen LogP contribution is 2.28. The summed E-state index contributed by atoms with van der Waals surface area (Å²) in [6.07, 6.45) is 5.94. The molecule has 116 valence electrons. The van der Waals surface area contributed by atoms with Crippen molar-refractivity contribution in [3.63, 3.8) is 0 Å². The van der Waals surface area contributed by atoms with Gasteiger partial charge in [0, 0.05) is 19.1 Å². The Hall–Kier alpha value is -0.610. The van der Waals surface area contributed by atoms with Crippen LogP contribution in [0.3, 0.4) is 0 Å². The monoisotopic (exact) mass is 281 g/mol. The highest BCUT2D eigenvalue weighted by molar-refractivity contribution is 5.88. The van der Waals surface area contributed by atoms with Gasteiger partial charge in [-0.25, -0.2) is 0 Å². The SMILES string of the molecule is CCCC1NC(C)(CC)C(=O)N1CCN(CC)C1CC1. The van der Waals surface area contributed by atoms with E-state index >= 15 is 0 Å². The predicted octanol–water partition coefficient (Wildman–Crippen LogP) is 2.20. The van der Waals surface area contributed by atoms with Gasteiger partial charge in [0.25, 0.3) is 0 Å². The molecule has 0 bridgehead atoms. The summed E-state index contributed by atoms with van der Waals surface area (Å²) in [5.41, 5.74) is -0.351. The summed E-state index contributed by atoms with van der Waals surface area (Å²) in [6.45, 7) is 11.6. The van der Waals surface area contributed by atoms with E-state index in [9.17, 15) is 4.79 Å². The lowest BCUT2D eigenvalue weighted by atomic mass is 9.99. The quantitative estimate of drug-likeness (QED) is 0.741. The largest absolute Gasteiger partial charge is 0.324 e. The van der Waals surface area contributed by atoms with Crippen LogP contribution in [-0.2, 0) is 4.79 Å². The molecule has 2 unspecified atom stereocenters. The van der Waals surface area contributed by atoms with Crippen molar-refractivity contribution in [1.29, 1.82) is 0 Å². The maximum absolute atomic E-state index is 12.7. The van der Waals surface area contributed by atoms with Crippen molar-refractivity contribution in [3.05, 3.63) is 0 Å². The van der Waals surface area contributed by atoms with Crippen molar-refractivity contribution in [2.45, 2.75) is 77.5 Å². The number of carbonyl (C=O) groups excluding carboxylic acids is 1. The summed E-state index contributed by atoms with van der Waals surface area (Å²) < 4.78 is 0. The number of nitrogens with one attached hydrogen (secondary N) is 1. The maximum atomic E-state index is 12.7. The number of carbonyl (C=O) groups is 1. The van der Waals surface area contributed by atoms with Crippen LogP contribution in [0.25, 0.3) is 0 Å². The summed E-state index contributed by atoms with van der Waals surface area (Å²) >= 11 is 0. The number of amides is 1. The van der Waals surface area contributed by atoms with Gasteiger partial charge in [0.1, 0.15) is 0 Å². The summed E-state index contributed by atoms with van der Waals surface area (Å²) in [5, 5.41) is 3.56. The van der Waals surface area contributed by atoms with Gasteiger partial charge in [-0.3, -0.25) is 15.0 Å². The number of rotatable bonds is 8. The number of nitrogens with zero attached hydrogens (tertiary/aromatic N) is 2. The second-order valence-corrected chi connectivity index (χ2v) is 6.49. The van der Waals surface area contributed by atoms with Gasteiger partial charge < -0.3 is 4.90 Å². The fourth-order valence-corrected chi connectivity index (χ4v) is 3.25. The zero-order chi connectivity index (χ0) is 14.8. The molecular weight excluding hydrogens is 250 g/mol. The fraction of sp³-hybridized carbons (Fsp3) is 0.938. The Balaban J connectivity index is 1.97. The van der Waals surface area contributed by atoms with E-state index in [4.69, 9.17) is 0 Å². The molecule has 2 atom stereocenters. The molecule has 1 amide bonds. The third-order valence-electron chi connectivity index (χ3n) is 4.96. The molecule has 0 aromatic heterocycles. The highest BCUT2D eigenvalue weighted by atomic mass is 16.2. The van der Waals surface area contributed by atoms with E-state index in [2.05, 4.69) is 42.8 Å². The van der Waals surface area contributed by atoms with Crippen LogP contribution in [0.1, 0.15) is 59.8 Å². The summed E-state index contributed by atoms with van der Waals surface area (Å²) in [5.74, 6) is 0.297. The first-order valence-electron chi connectivity index (χ1n) is 8.38. The summed E-state index contributed by atoms with van der Waals surface area (Å²) in [6, 6.07) is 0.785. The minimum atomic E-state index is -0.351. The molecule has 4 heteroatoms. The smallest absolute Gasteiger partial charge is 0.243 e. The van der Waals surface area contributed by atoms with Crippen LogP contribution in [0, 0.1) is 0 Å². The van der Waals surface area contributed by atoms with Crippen molar-refractivity contribution < 1.29 is 4.79 Å². The fourth-order valence-electron chi connectivity index (χ4n) is 3.25. The van der Waals surface area contributed by atoms with Gasteiger partial charge >= 0.3 is 0 Å². The Morgan fingerprint density at radius 2 is 2.05 bits per heavy atom. The van der Waals surface area contributed by atoms with Crippen LogP contribution in [0.2, 0.25) is 0 Å². The molecule has 2 fully saturated rings. The summed E-state index contributed by atoms with van der Waals surface area (Å²) in [4.78, 5) is 17.3. The number of likely N-dealkylation sites (N-methyl/N-ethyl adjacent to an activating group) is 1. The first-order valence-corrected chi connectivity index (χ1v) is 8.38. The predicted molar refractivity (Wildman–Crippen MR) is 82.5 cm³/mol. The Morgan fingerprint density at radius 1 is 1.35 bits per heavy atom. The van der Waals surface area contributed by atoms with E-state index in [1.54, 1.807) is 0 Å². The van der Waals surface area contributed by atoms with Crippen LogP contribution in [0.5, 0.6) is 0 Å². The second kappa shape index (κ2) is 6.44. The Bertz CT molecular complexity index is 343. The molecule has 0 spiro atoms. The minimum absolute atomic E-state index is 0.232. The molecule has 0 radical (unpaired) electrons. The van der Waals surface area contributed by atoms with Gasteiger partial charge in [-0.2, -0.15) is 0 Å². The molecule has 4 nitrogen and oxygen atoms in total. The van der Waals surface area contributed by atoms with Crippen molar-refractivity contribution in [3.8, 4) is 0 Å². The maximum Gasteiger partial charge on any atom is 0.243 e. The first-order chi connectivity index (χ1) is 9.55. The third kappa shape index (κ3) is 3.17.